The Hall–Kier alpha value is -2.84. The number of hydrogen-bond donors (Lipinski definition) is 1. The molecule has 1 N–H and O–H groups in total. The van der Waals surface area contributed by atoms with E-state index < -0.39 is 0 Å². The van der Waals surface area contributed by atoms with Crippen LogP contribution in [0.1, 0.15) is 30.0 Å². The Morgan fingerprint density at radius 2 is 2.08 bits per heavy atom. The Bertz CT molecular complexity index is 915. The van der Waals surface area contributed by atoms with Crippen LogP contribution in [0.5, 0.6) is 0 Å². The highest BCUT2D eigenvalue weighted by molar-refractivity contribution is 5.85. The van der Waals surface area contributed by atoms with Crippen molar-refractivity contribution in [3.63, 3.8) is 0 Å². The lowest BCUT2D eigenvalue weighted by Gasteiger charge is -2.09. The van der Waals surface area contributed by atoms with Gasteiger partial charge in [-0.1, -0.05) is 42.5 Å². The summed E-state index contributed by atoms with van der Waals surface area (Å²) < 4.78 is 11.4. The molecule has 0 spiro atoms. The number of anilines is 1. The number of nitrogens with one attached hydrogen (secondary N) is 1. The summed E-state index contributed by atoms with van der Waals surface area (Å²) in [5.41, 5.74) is 1.43. The summed E-state index contributed by atoms with van der Waals surface area (Å²) in [5, 5.41) is 14.9. The predicted molar refractivity (Wildman–Crippen MR) is 95.4 cm³/mol. The second kappa shape index (κ2) is 6.96. The van der Waals surface area contributed by atoms with Gasteiger partial charge in [-0.15, -0.1) is 0 Å². The van der Waals surface area contributed by atoms with Crippen molar-refractivity contribution in [2.45, 2.75) is 25.4 Å². The van der Waals surface area contributed by atoms with E-state index in [0.717, 1.165) is 25.0 Å². The van der Waals surface area contributed by atoms with Gasteiger partial charge >= 0.3 is 0 Å². The maximum absolute atomic E-state index is 9.32. The molecule has 0 radical (unpaired) electrons. The maximum Gasteiger partial charge on any atom is 0.232 e. The van der Waals surface area contributed by atoms with Gasteiger partial charge in [0, 0.05) is 13.2 Å². The molecule has 0 bridgehead atoms. The molecule has 1 aliphatic rings. The quantitative estimate of drug-likeness (QED) is 0.767. The standard InChI is InChI=1S/C20H19N3O2/c21-12-18-20(22-13-16-8-4-10-24-16)25-19(23-18)11-15-7-3-6-14-5-1-2-9-17(14)15/h1-3,5-7,9,16,22H,4,8,10-11,13H2/t16-/m1/s1. The Balaban J connectivity index is 1.55. The Morgan fingerprint density at radius 1 is 1.20 bits per heavy atom. The average Bonchev–Trinajstić information content (AvgIpc) is 3.29. The molecule has 0 saturated carbocycles. The monoisotopic (exact) mass is 333 g/mol. The van der Waals surface area contributed by atoms with Crippen LogP contribution in [-0.2, 0) is 11.2 Å². The van der Waals surface area contributed by atoms with Crippen molar-refractivity contribution in [1.29, 1.82) is 5.26 Å². The molecule has 1 fully saturated rings. The van der Waals surface area contributed by atoms with Gasteiger partial charge < -0.3 is 14.5 Å². The predicted octanol–water partition coefficient (Wildman–Crippen LogP) is 3.88. The molecule has 5 heteroatoms. The number of hydrogen-bond acceptors (Lipinski definition) is 5. The number of oxazole rings is 1. The lowest BCUT2D eigenvalue weighted by Crippen LogP contribution is -2.18. The third kappa shape index (κ3) is 3.35. The molecule has 0 amide bonds. The highest BCUT2D eigenvalue weighted by atomic mass is 16.5. The lowest BCUT2D eigenvalue weighted by atomic mass is 10.0. The highest BCUT2D eigenvalue weighted by Crippen LogP contribution is 2.24. The number of rotatable bonds is 5. The first-order valence-corrected chi connectivity index (χ1v) is 8.55. The van der Waals surface area contributed by atoms with Crippen molar-refractivity contribution in [2.75, 3.05) is 18.5 Å². The number of benzene rings is 2. The number of aromatic nitrogens is 1. The van der Waals surface area contributed by atoms with E-state index in [1.54, 1.807) is 0 Å². The second-order valence-electron chi connectivity index (χ2n) is 6.23. The van der Waals surface area contributed by atoms with E-state index in [1.807, 2.05) is 18.2 Å². The Labute approximate surface area is 146 Å². The molecule has 1 saturated heterocycles. The number of fused-ring (bicyclic) bond motifs is 1. The minimum absolute atomic E-state index is 0.179. The van der Waals surface area contributed by atoms with Crippen LogP contribution in [0.3, 0.4) is 0 Å². The van der Waals surface area contributed by atoms with E-state index in [9.17, 15) is 5.26 Å². The molecule has 0 unspecified atom stereocenters. The van der Waals surface area contributed by atoms with Gasteiger partial charge in [0.1, 0.15) is 6.07 Å². The Kier molecular flexibility index (Phi) is 4.36. The van der Waals surface area contributed by atoms with Gasteiger partial charge in [0.25, 0.3) is 0 Å². The third-order valence-corrected chi connectivity index (χ3v) is 4.51. The number of ether oxygens (including phenoxy) is 1. The van der Waals surface area contributed by atoms with Gasteiger partial charge in [-0.25, -0.2) is 4.98 Å². The summed E-state index contributed by atoms with van der Waals surface area (Å²) in [7, 11) is 0. The minimum atomic E-state index is 0.179. The molecule has 25 heavy (non-hydrogen) atoms. The fourth-order valence-corrected chi connectivity index (χ4v) is 3.26. The van der Waals surface area contributed by atoms with Gasteiger partial charge in [0.15, 0.2) is 0 Å². The van der Waals surface area contributed by atoms with E-state index in [-0.39, 0.29) is 6.10 Å². The molecule has 3 aromatic rings. The Morgan fingerprint density at radius 3 is 2.92 bits per heavy atom. The van der Waals surface area contributed by atoms with Gasteiger partial charge in [0.2, 0.25) is 17.5 Å². The minimum Gasteiger partial charge on any atom is -0.423 e. The normalized spacial score (nSPS) is 16.8. The summed E-state index contributed by atoms with van der Waals surface area (Å²) in [6.45, 7) is 1.44. The fraction of sp³-hybridized carbons (Fsp3) is 0.300. The van der Waals surface area contributed by atoms with Gasteiger partial charge in [0.05, 0.1) is 12.5 Å². The maximum atomic E-state index is 9.32. The molecular weight excluding hydrogens is 314 g/mol. The first-order chi connectivity index (χ1) is 12.3. The molecule has 4 rings (SSSR count). The van der Waals surface area contributed by atoms with E-state index in [1.165, 1.54) is 10.8 Å². The first kappa shape index (κ1) is 15.7. The van der Waals surface area contributed by atoms with Crippen LogP contribution in [-0.4, -0.2) is 24.2 Å². The molecule has 2 heterocycles. The summed E-state index contributed by atoms with van der Waals surface area (Å²) in [5.74, 6) is 0.982. The van der Waals surface area contributed by atoms with Crippen molar-refractivity contribution in [3.05, 3.63) is 59.6 Å². The van der Waals surface area contributed by atoms with Crippen LogP contribution in [0.2, 0.25) is 0 Å². The van der Waals surface area contributed by atoms with Gasteiger partial charge in [-0.3, -0.25) is 0 Å². The first-order valence-electron chi connectivity index (χ1n) is 8.55. The molecule has 0 aliphatic carbocycles. The zero-order chi connectivity index (χ0) is 17.1. The molecular formula is C20H19N3O2. The topological polar surface area (TPSA) is 71.1 Å². The van der Waals surface area contributed by atoms with E-state index in [4.69, 9.17) is 9.15 Å². The van der Waals surface area contributed by atoms with Gasteiger partial charge in [-0.05, 0) is 29.2 Å². The smallest absolute Gasteiger partial charge is 0.232 e. The lowest BCUT2D eigenvalue weighted by molar-refractivity contribution is 0.120. The molecule has 2 aromatic carbocycles. The van der Waals surface area contributed by atoms with Crippen LogP contribution >= 0.6 is 0 Å². The van der Waals surface area contributed by atoms with E-state index in [0.29, 0.717) is 30.4 Å². The van der Waals surface area contributed by atoms with E-state index >= 15 is 0 Å². The van der Waals surface area contributed by atoms with Crippen molar-refractivity contribution in [3.8, 4) is 6.07 Å². The van der Waals surface area contributed by atoms with Crippen molar-refractivity contribution >= 4 is 16.7 Å². The molecule has 5 nitrogen and oxygen atoms in total. The number of nitriles is 1. The molecule has 126 valence electrons. The van der Waals surface area contributed by atoms with Crippen LogP contribution in [0.4, 0.5) is 5.88 Å². The van der Waals surface area contributed by atoms with Crippen LogP contribution in [0.25, 0.3) is 10.8 Å². The van der Waals surface area contributed by atoms with Crippen molar-refractivity contribution < 1.29 is 9.15 Å². The fourth-order valence-electron chi connectivity index (χ4n) is 3.26. The third-order valence-electron chi connectivity index (χ3n) is 4.51. The highest BCUT2D eigenvalue weighted by Gasteiger charge is 2.18. The molecule has 1 atom stereocenters. The summed E-state index contributed by atoms with van der Waals surface area (Å²) in [6.07, 6.45) is 2.85. The average molecular weight is 333 g/mol. The van der Waals surface area contributed by atoms with Crippen LogP contribution < -0.4 is 5.32 Å². The zero-order valence-electron chi connectivity index (χ0n) is 13.9. The van der Waals surface area contributed by atoms with Crippen LogP contribution in [0.15, 0.2) is 46.9 Å². The molecule has 1 aromatic heterocycles. The summed E-state index contributed by atoms with van der Waals surface area (Å²) in [6, 6.07) is 16.5. The van der Waals surface area contributed by atoms with Crippen molar-refractivity contribution in [2.24, 2.45) is 0 Å². The molecule has 1 aliphatic heterocycles. The zero-order valence-corrected chi connectivity index (χ0v) is 13.9. The van der Waals surface area contributed by atoms with Crippen molar-refractivity contribution in [1.82, 2.24) is 4.98 Å². The van der Waals surface area contributed by atoms with Crippen LogP contribution in [0, 0.1) is 11.3 Å². The SMILES string of the molecule is N#Cc1nc(Cc2cccc3ccccc23)oc1NC[C@H]1CCCO1. The second-order valence-corrected chi connectivity index (χ2v) is 6.23. The van der Waals surface area contributed by atoms with E-state index in [2.05, 4.69) is 40.6 Å². The summed E-state index contributed by atoms with van der Waals surface area (Å²) in [4.78, 5) is 4.34. The largest absolute Gasteiger partial charge is 0.423 e. The number of nitrogens with zero attached hydrogens (tertiary/aromatic N) is 2. The summed E-state index contributed by atoms with van der Waals surface area (Å²) >= 11 is 0. The van der Waals surface area contributed by atoms with Gasteiger partial charge in [-0.2, -0.15) is 5.26 Å².